The topological polar surface area (TPSA) is 26.3 Å². The average molecular weight is 348 g/mol. The highest BCUT2D eigenvalue weighted by atomic mass is 32.2. The molecule has 1 atom stereocenters. The molecule has 3 rings (SSSR count). The summed E-state index contributed by atoms with van der Waals surface area (Å²) < 4.78 is 5.16. The monoisotopic (exact) mass is 348 g/mol. The van der Waals surface area contributed by atoms with Crippen LogP contribution in [-0.4, -0.2) is 12.9 Å². The molecule has 3 aromatic rings. The van der Waals surface area contributed by atoms with Crippen LogP contribution in [0.15, 0.2) is 89.8 Å². The van der Waals surface area contributed by atoms with Gasteiger partial charge >= 0.3 is 0 Å². The van der Waals surface area contributed by atoms with Gasteiger partial charge in [0.25, 0.3) is 0 Å². The van der Waals surface area contributed by atoms with E-state index in [0.29, 0.717) is 6.42 Å². The molecule has 0 saturated heterocycles. The van der Waals surface area contributed by atoms with Gasteiger partial charge in [-0.05, 0) is 42.0 Å². The predicted octanol–water partition coefficient (Wildman–Crippen LogP) is 5.80. The average Bonchev–Trinajstić information content (AvgIpc) is 2.69. The first kappa shape index (κ1) is 17.3. The Hall–Kier alpha value is -2.52. The number of carbonyl (C=O) groups excluding carboxylic acids is 1. The van der Waals surface area contributed by atoms with E-state index in [-0.39, 0.29) is 11.0 Å². The van der Waals surface area contributed by atoms with Crippen LogP contribution >= 0.6 is 11.8 Å². The van der Waals surface area contributed by atoms with Crippen LogP contribution in [0.25, 0.3) is 0 Å². The standard InChI is InChI=1S/C22H20O2S/c1-24-19-14-12-17(13-15-19)21(23)16-22(18-8-4-2-5-9-18)25-20-10-6-3-7-11-20/h2-15,22H,16H2,1H3. The van der Waals surface area contributed by atoms with Crippen molar-refractivity contribution < 1.29 is 9.53 Å². The molecule has 25 heavy (non-hydrogen) atoms. The summed E-state index contributed by atoms with van der Waals surface area (Å²) in [5.74, 6) is 0.898. The van der Waals surface area contributed by atoms with E-state index in [1.807, 2.05) is 60.7 Å². The Morgan fingerprint density at radius 1 is 0.880 bits per heavy atom. The minimum Gasteiger partial charge on any atom is -0.497 e. The second kappa shape index (κ2) is 8.54. The Balaban J connectivity index is 1.80. The molecule has 0 amide bonds. The highest BCUT2D eigenvalue weighted by molar-refractivity contribution is 7.99. The normalized spacial score (nSPS) is 11.7. The fraction of sp³-hybridized carbons (Fsp3) is 0.136. The molecule has 0 N–H and O–H groups in total. The van der Waals surface area contributed by atoms with Gasteiger partial charge in [-0.15, -0.1) is 11.8 Å². The highest BCUT2D eigenvalue weighted by Gasteiger charge is 2.18. The summed E-state index contributed by atoms with van der Waals surface area (Å²) >= 11 is 1.73. The van der Waals surface area contributed by atoms with Crippen LogP contribution in [0.5, 0.6) is 5.75 Å². The van der Waals surface area contributed by atoms with E-state index in [1.54, 1.807) is 18.9 Å². The van der Waals surface area contributed by atoms with E-state index in [0.717, 1.165) is 11.3 Å². The number of thioether (sulfide) groups is 1. The van der Waals surface area contributed by atoms with Crippen LogP contribution in [-0.2, 0) is 0 Å². The number of hydrogen-bond donors (Lipinski definition) is 0. The molecule has 126 valence electrons. The second-order valence-electron chi connectivity index (χ2n) is 5.69. The number of Topliss-reactive ketones (excluding diaryl/α,β-unsaturated/α-hetero) is 1. The Morgan fingerprint density at radius 2 is 1.48 bits per heavy atom. The molecular formula is C22H20O2S. The molecule has 0 heterocycles. The Labute approximate surface area is 152 Å². The fourth-order valence-corrected chi connectivity index (χ4v) is 3.79. The number of ketones is 1. The van der Waals surface area contributed by atoms with Crippen molar-refractivity contribution in [2.24, 2.45) is 0 Å². The number of rotatable bonds is 7. The first-order valence-electron chi connectivity index (χ1n) is 8.20. The molecule has 0 saturated carbocycles. The van der Waals surface area contributed by atoms with Crippen molar-refractivity contribution in [2.75, 3.05) is 7.11 Å². The van der Waals surface area contributed by atoms with Gasteiger partial charge in [0.15, 0.2) is 5.78 Å². The molecule has 2 nitrogen and oxygen atoms in total. The molecule has 3 heteroatoms. The van der Waals surface area contributed by atoms with Crippen molar-refractivity contribution in [3.05, 3.63) is 96.1 Å². The summed E-state index contributed by atoms with van der Waals surface area (Å²) in [4.78, 5) is 13.9. The minimum atomic E-state index is 0.0817. The Bertz CT molecular complexity index is 798. The zero-order valence-electron chi connectivity index (χ0n) is 14.1. The molecule has 0 spiro atoms. The molecular weight excluding hydrogens is 328 g/mol. The highest BCUT2D eigenvalue weighted by Crippen LogP contribution is 2.38. The molecule has 0 aromatic heterocycles. The second-order valence-corrected chi connectivity index (χ2v) is 6.96. The van der Waals surface area contributed by atoms with E-state index in [1.165, 1.54) is 10.5 Å². The van der Waals surface area contributed by atoms with Gasteiger partial charge < -0.3 is 4.74 Å². The Morgan fingerprint density at radius 3 is 2.08 bits per heavy atom. The van der Waals surface area contributed by atoms with Crippen molar-refractivity contribution in [3.8, 4) is 5.75 Å². The van der Waals surface area contributed by atoms with Crippen molar-refractivity contribution in [1.82, 2.24) is 0 Å². The van der Waals surface area contributed by atoms with E-state index < -0.39 is 0 Å². The van der Waals surface area contributed by atoms with Crippen LogP contribution in [0.1, 0.15) is 27.6 Å². The molecule has 0 aliphatic rings. The summed E-state index contributed by atoms with van der Waals surface area (Å²) in [6, 6.07) is 27.7. The zero-order chi connectivity index (χ0) is 17.5. The van der Waals surface area contributed by atoms with Gasteiger partial charge in [-0.2, -0.15) is 0 Å². The van der Waals surface area contributed by atoms with Crippen LogP contribution in [0.2, 0.25) is 0 Å². The molecule has 0 radical (unpaired) electrons. The van der Waals surface area contributed by atoms with Gasteiger partial charge in [-0.1, -0.05) is 48.5 Å². The van der Waals surface area contributed by atoms with Crippen LogP contribution in [0.4, 0.5) is 0 Å². The zero-order valence-corrected chi connectivity index (χ0v) is 14.9. The SMILES string of the molecule is COc1ccc(C(=O)CC(Sc2ccccc2)c2ccccc2)cc1. The van der Waals surface area contributed by atoms with Gasteiger partial charge in [-0.3, -0.25) is 4.79 Å². The number of hydrogen-bond acceptors (Lipinski definition) is 3. The van der Waals surface area contributed by atoms with Crippen molar-refractivity contribution in [3.63, 3.8) is 0 Å². The smallest absolute Gasteiger partial charge is 0.164 e. The van der Waals surface area contributed by atoms with E-state index in [2.05, 4.69) is 24.3 Å². The first-order chi connectivity index (χ1) is 12.3. The van der Waals surface area contributed by atoms with Gasteiger partial charge in [0, 0.05) is 22.1 Å². The lowest BCUT2D eigenvalue weighted by atomic mass is 10.0. The van der Waals surface area contributed by atoms with Gasteiger partial charge in [0.05, 0.1) is 7.11 Å². The van der Waals surface area contributed by atoms with Crippen LogP contribution < -0.4 is 4.74 Å². The molecule has 3 aromatic carbocycles. The van der Waals surface area contributed by atoms with Gasteiger partial charge in [0.1, 0.15) is 5.75 Å². The van der Waals surface area contributed by atoms with Gasteiger partial charge in [0.2, 0.25) is 0 Å². The maximum atomic E-state index is 12.8. The number of benzene rings is 3. The number of methoxy groups -OCH3 is 1. The van der Waals surface area contributed by atoms with Gasteiger partial charge in [-0.25, -0.2) is 0 Å². The quantitative estimate of drug-likeness (QED) is 0.398. The Kier molecular flexibility index (Phi) is 5.91. The lowest BCUT2D eigenvalue weighted by Crippen LogP contribution is -2.05. The summed E-state index contributed by atoms with van der Waals surface area (Å²) in [6.45, 7) is 0. The number of ether oxygens (including phenoxy) is 1. The largest absolute Gasteiger partial charge is 0.497 e. The third-order valence-corrected chi connectivity index (χ3v) is 5.24. The molecule has 0 fully saturated rings. The fourth-order valence-electron chi connectivity index (χ4n) is 2.62. The third kappa shape index (κ3) is 4.74. The summed E-state index contributed by atoms with van der Waals surface area (Å²) in [5.41, 5.74) is 1.88. The lowest BCUT2D eigenvalue weighted by Gasteiger charge is -2.17. The van der Waals surface area contributed by atoms with Crippen LogP contribution in [0.3, 0.4) is 0 Å². The minimum absolute atomic E-state index is 0.0817. The first-order valence-corrected chi connectivity index (χ1v) is 9.08. The summed E-state index contributed by atoms with van der Waals surface area (Å²) in [5, 5.41) is 0.0817. The number of carbonyl (C=O) groups is 1. The summed E-state index contributed by atoms with van der Waals surface area (Å²) in [7, 11) is 1.62. The maximum Gasteiger partial charge on any atom is 0.164 e. The van der Waals surface area contributed by atoms with Crippen molar-refractivity contribution >= 4 is 17.5 Å². The molecule has 0 aliphatic carbocycles. The van der Waals surface area contributed by atoms with Crippen molar-refractivity contribution in [2.45, 2.75) is 16.6 Å². The predicted molar refractivity (Wildman–Crippen MR) is 103 cm³/mol. The van der Waals surface area contributed by atoms with E-state index in [4.69, 9.17) is 4.74 Å². The molecule has 0 aliphatic heterocycles. The molecule has 1 unspecified atom stereocenters. The molecule has 0 bridgehead atoms. The van der Waals surface area contributed by atoms with Crippen molar-refractivity contribution in [1.29, 1.82) is 0 Å². The summed E-state index contributed by atoms with van der Waals surface area (Å²) in [6.07, 6.45) is 0.454. The van der Waals surface area contributed by atoms with E-state index in [9.17, 15) is 4.79 Å². The maximum absolute atomic E-state index is 12.8. The van der Waals surface area contributed by atoms with Crippen LogP contribution in [0, 0.1) is 0 Å². The third-order valence-electron chi connectivity index (χ3n) is 3.98. The lowest BCUT2D eigenvalue weighted by molar-refractivity contribution is 0.0982. The van der Waals surface area contributed by atoms with E-state index >= 15 is 0 Å².